The number of fused-ring (bicyclic) bond motifs is 4. The normalized spacial score (nSPS) is 24.9. The first-order valence-electron chi connectivity index (χ1n) is 21.1. The Morgan fingerprint density at radius 2 is 1.80 bits per heavy atom. The number of furan rings is 1. The zero-order valence-electron chi connectivity index (χ0n) is 33.5. The monoisotopic (exact) mass is 839 g/mol. The number of nitrogens with zero attached hydrogens (tertiary/aromatic N) is 8. The van der Waals surface area contributed by atoms with Gasteiger partial charge >= 0.3 is 0 Å². The van der Waals surface area contributed by atoms with Crippen LogP contribution in [0.3, 0.4) is 0 Å². The van der Waals surface area contributed by atoms with Crippen LogP contribution in [0.25, 0.3) is 16.6 Å². The Morgan fingerprint density at radius 1 is 0.984 bits per heavy atom. The maximum absolute atomic E-state index is 14.3. The molecule has 10 rings (SSSR count). The molecule has 0 unspecified atom stereocenters. The highest BCUT2D eigenvalue weighted by molar-refractivity contribution is 6.08. The van der Waals surface area contributed by atoms with Gasteiger partial charge < -0.3 is 29.6 Å². The minimum absolute atomic E-state index is 0.0175. The zero-order chi connectivity index (χ0) is 41.8. The van der Waals surface area contributed by atoms with Gasteiger partial charge in [-0.05, 0) is 68.7 Å². The molecule has 1 saturated carbocycles. The van der Waals surface area contributed by atoms with Crippen LogP contribution in [0.1, 0.15) is 84.9 Å². The van der Waals surface area contributed by atoms with Crippen molar-refractivity contribution in [3.63, 3.8) is 0 Å². The number of aromatic nitrogens is 5. The van der Waals surface area contributed by atoms with E-state index in [1.54, 1.807) is 29.3 Å². The molecule has 4 amide bonds. The van der Waals surface area contributed by atoms with E-state index in [0.717, 1.165) is 82.6 Å². The van der Waals surface area contributed by atoms with Crippen LogP contribution in [0.15, 0.2) is 53.5 Å². The van der Waals surface area contributed by atoms with Crippen LogP contribution < -0.4 is 20.9 Å². The molecule has 2 bridgehead atoms. The van der Waals surface area contributed by atoms with Gasteiger partial charge in [-0.1, -0.05) is 0 Å². The van der Waals surface area contributed by atoms with Gasteiger partial charge in [0.05, 0.1) is 55.4 Å². The van der Waals surface area contributed by atoms with Crippen LogP contribution in [0, 0.1) is 5.92 Å². The van der Waals surface area contributed by atoms with Gasteiger partial charge in [0.2, 0.25) is 17.7 Å². The molecule has 61 heavy (non-hydrogen) atoms. The number of amides is 4. The molecule has 8 heterocycles. The number of piperidine rings is 1. The van der Waals surface area contributed by atoms with Crippen LogP contribution in [0.5, 0.6) is 0 Å². The maximum Gasteiger partial charge on any atom is 0.284 e. The van der Waals surface area contributed by atoms with E-state index in [2.05, 4.69) is 40.8 Å². The van der Waals surface area contributed by atoms with Crippen molar-refractivity contribution < 1.29 is 37.1 Å². The summed E-state index contributed by atoms with van der Waals surface area (Å²) >= 11 is 0. The molecule has 4 aliphatic heterocycles. The molecular formula is C42H47F2N11O6. The van der Waals surface area contributed by atoms with E-state index in [0.29, 0.717) is 41.4 Å². The molecule has 5 fully saturated rings. The number of imide groups is 1. The molecule has 5 aromatic rings. The third kappa shape index (κ3) is 7.96. The Kier molecular flexibility index (Phi) is 10.5. The SMILES string of the molecule is O=C1CC[C@@H](c2coc3ccc(NC(=O)CN4CCN(CC5CCC(n6cc(NC(=O)c7cnn8ccc(N9C[C@@H]%10C[C@H]9CO%10)nc78)c(C(F)F)n6)CC5)CC4)cc23)C(=O)N1. The van der Waals surface area contributed by atoms with Crippen molar-refractivity contribution in [2.75, 3.05) is 68.0 Å². The first kappa shape index (κ1) is 39.4. The standard InChI is InChI=1S/C42H47F2N11O6/c43-39(44)38-33(47-42(59)31-17-45-54-10-9-35(48-40(31)54)53-19-28-16-27(53)22-60-28)20-55(50-38)26-4-1-24(2-5-26)18-51-11-13-52(14-12-51)21-37(57)46-25-3-7-34-30(15-25)32(23-61-34)29-6-8-36(56)49-41(29)58/h3,7,9-10,15,17,20,23-24,26-29,39H,1-2,4-6,8,11-14,16,18-19,21-22H2,(H,46,57)(H,47,59)(H,49,56,58)/t24?,26?,27-,28-,29-/m0/s1. The Morgan fingerprint density at radius 3 is 2.56 bits per heavy atom. The van der Waals surface area contributed by atoms with E-state index in [4.69, 9.17) is 14.1 Å². The van der Waals surface area contributed by atoms with Crippen molar-refractivity contribution in [1.29, 1.82) is 0 Å². The Labute approximate surface area is 348 Å². The molecule has 0 radical (unpaired) electrons. The van der Waals surface area contributed by atoms with E-state index < -0.39 is 23.9 Å². The molecule has 0 spiro atoms. The highest BCUT2D eigenvalue weighted by Gasteiger charge is 2.40. The summed E-state index contributed by atoms with van der Waals surface area (Å²) in [6.07, 6.45) is 8.57. The summed E-state index contributed by atoms with van der Waals surface area (Å²) in [6.45, 7) is 5.73. The van der Waals surface area contributed by atoms with Gasteiger partial charge in [-0.15, -0.1) is 0 Å². The van der Waals surface area contributed by atoms with Gasteiger partial charge in [0.15, 0.2) is 11.3 Å². The first-order valence-corrected chi connectivity index (χ1v) is 21.1. The van der Waals surface area contributed by atoms with Crippen molar-refractivity contribution in [2.24, 2.45) is 5.92 Å². The lowest BCUT2D eigenvalue weighted by Gasteiger charge is -2.38. The number of morpholine rings is 1. The number of carbonyl (C=O) groups excluding carboxylic acids is 4. The second-order valence-corrected chi connectivity index (χ2v) is 17.0. The lowest BCUT2D eigenvalue weighted by molar-refractivity contribution is -0.134. The van der Waals surface area contributed by atoms with Crippen LogP contribution in [-0.4, -0.2) is 122 Å². The fourth-order valence-corrected chi connectivity index (χ4v) is 9.78. The van der Waals surface area contributed by atoms with Gasteiger partial charge in [-0.2, -0.15) is 10.2 Å². The minimum Gasteiger partial charge on any atom is -0.464 e. The summed E-state index contributed by atoms with van der Waals surface area (Å²) in [5, 5.41) is 17.4. The number of alkyl halides is 2. The summed E-state index contributed by atoms with van der Waals surface area (Å²) in [6, 6.07) is 7.39. The highest BCUT2D eigenvalue weighted by atomic mass is 19.3. The van der Waals surface area contributed by atoms with E-state index >= 15 is 0 Å². The molecule has 3 atom stereocenters. The quantitative estimate of drug-likeness (QED) is 0.160. The molecular weight excluding hydrogens is 793 g/mol. The topological polar surface area (TPSA) is 184 Å². The van der Waals surface area contributed by atoms with Gasteiger partial charge in [0.25, 0.3) is 12.3 Å². The van der Waals surface area contributed by atoms with Crippen molar-refractivity contribution in [3.05, 3.63) is 65.9 Å². The van der Waals surface area contributed by atoms with Crippen molar-refractivity contribution in [2.45, 2.75) is 75.5 Å². The van der Waals surface area contributed by atoms with Crippen molar-refractivity contribution >= 4 is 57.4 Å². The van der Waals surface area contributed by atoms with E-state index in [9.17, 15) is 28.0 Å². The van der Waals surface area contributed by atoms with Gasteiger partial charge in [0, 0.05) is 74.7 Å². The number of ether oxygens (including phenoxy) is 1. The fraction of sp³-hybridized carbons (Fsp3) is 0.500. The third-order valence-corrected chi connectivity index (χ3v) is 13.0. The summed E-state index contributed by atoms with van der Waals surface area (Å²) in [4.78, 5) is 62.2. The second kappa shape index (κ2) is 16.2. The molecule has 1 aromatic carbocycles. The Hall–Kier alpha value is -5.79. The number of rotatable bonds is 11. The van der Waals surface area contributed by atoms with E-state index in [1.165, 1.54) is 16.9 Å². The largest absolute Gasteiger partial charge is 0.464 e. The van der Waals surface area contributed by atoms with Crippen molar-refractivity contribution in [3.8, 4) is 0 Å². The summed E-state index contributed by atoms with van der Waals surface area (Å²) < 4.78 is 43.1. The summed E-state index contributed by atoms with van der Waals surface area (Å²) in [5.74, 6) is -0.634. The van der Waals surface area contributed by atoms with E-state index in [-0.39, 0.29) is 60.1 Å². The third-order valence-electron chi connectivity index (χ3n) is 13.0. The predicted octanol–water partition coefficient (Wildman–Crippen LogP) is 4.35. The average Bonchev–Trinajstić information content (AvgIpc) is 4.11. The molecule has 5 aliphatic rings. The van der Waals surface area contributed by atoms with Crippen LogP contribution in [-0.2, 0) is 19.1 Å². The molecule has 17 nitrogen and oxygen atoms in total. The van der Waals surface area contributed by atoms with Crippen LogP contribution >= 0.6 is 0 Å². The number of nitrogens with one attached hydrogen (secondary N) is 3. The number of hydrogen-bond acceptors (Lipinski definition) is 12. The van der Waals surface area contributed by atoms with Gasteiger partial charge in [0.1, 0.15) is 17.0 Å². The molecule has 4 saturated heterocycles. The highest BCUT2D eigenvalue weighted by Crippen LogP contribution is 2.37. The summed E-state index contributed by atoms with van der Waals surface area (Å²) in [5.41, 5.74) is 1.97. The van der Waals surface area contributed by atoms with Gasteiger partial charge in [-0.3, -0.25) is 34.1 Å². The molecule has 3 N–H and O–H groups in total. The molecule has 19 heteroatoms. The number of halogens is 2. The van der Waals surface area contributed by atoms with Crippen LogP contribution in [0.2, 0.25) is 0 Å². The van der Waals surface area contributed by atoms with Crippen molar-refractivity contribution in [1.82, 2.24) is 39.5 Å². The Balaban J connectivity index is 0.696. The number of benzene rings is 1. The zero-order valence-corrected chi connectivity index (χ0v) is 33.5. The first-order chi connectivity index (χ1) is 29.6. The number of carbonyl (C=O) groups is 4. The number of anilines is 3. The van der Waals surface area contributed by atoms with E-state index in [1.807, 2.05) is 12.1 Å². The number of piperazine rings is 1. The minimum atomic E-state index is -2.87. The summed E-state index contributed by atoms with van der Waals surface area (Å²) in [7, 11) is 0. The average molecular weight is 840 g/mol. The predicted molar refractivity (Wildman–Crippen MR) is 217 cm³/mol. The Bertz CT molecular complexity index is 2490. The molecule has 4 aromatic heterocycles. The maximum atomic E-state index is 14.3. The van der Waals surface area contributed by atoms with Crippen LogP contribution in [0.4, 0.5) is 26.0 Å². The lowest BCUT2D eigenvalue weighted by atomic mass is 9.85. The molecule has 320 valence electrons. The number of hydrogen-bond donors (Lipinski definition) is 3. The lowest BCUT2D eigenvalue weighted by Crippen LogP contribution is -2.49. The second-order valence-electron chi connectivity index (χ2n) is 17.0. The smallest absolute Gasteiger partial charge is 0.284 e. The molecule has 1 aliphatic carbocycles. The fourth-order valence-electron chi connectivity index (χ4n) is 9.78. The van der Waals surface area contributed by atoms with Gasteiger partial charge in [-0.25, -0.2) is 18.3 Å².